The van der Waals surface area contributed by atoms with Gasteiger partial charge in [-0.1, -0.05) is 12.1 Å². The molecule has 1 fully saturated rings. The molecule has 1 N–H and O–H groups in total. The molecule has 0 bridgehead atoms. The smallest absolute Gasteiger partial charge is 0.335 e. The van der Waals surface area contributed by atoms with Crippen LogP contribution in [0.1, 0.15) is 6.42 Å². The van der Waals surface area contributed by atoms with Crippen molar-refractivity contribution in [3.05, 3.63) is 42.7 Å². The standard InChI is InChI=1S/C18H22N6O3S/c25-18-21-15-5-1-2-6-16(15)28(26,27)24(18)10-4-9-22-11-13-23(14-12-22)17-19-7-3-8-20-17/h1-3,5-8H,4,9-14H2,(H,21,25). The molecule has 0 saturated carbocycles. The van der Waals surface area contributed by atoms with Crippen LogP contribution in [0.2, 0.25) is 0 Å². The highest BCUT2D eigenvalue weighted by atomic mass is 32.2. The summed E-state index contributed by atoms with van der Waals surface area (Å²) in [6.45, 7) is 4.22. The molecule has 10 heteroatoms. The first-order valence-electron chi connectivity index (χ1n) is 9.23. The fourth-order valence-corrected chi connectivity index (χ4v) is 5.00. The summed E-state index contributed by atoms with van der Waals surface area (Å²) in [5.41, 5.74) is 0.336. The summed E-state index contributed by atoms with van der Waals surface area (Å²) in [5.74, 6) is 0.733. The highest BCUT2D eigenvalue weighted by Gasteiger charge is 2.36. The zero-order chi connectivity index (χ0) is 19.6. The fourth-order valence-electron chi connectivity index (χ4n) is 3.49. The van der Waals surface area contributed by atoms with Crippen LogP contribution < -0.4 is 10.2 Å². The van der Waals surface area contributed by atoms with Gasteiger partial charge in [-0.3, -0.25) is 4.90 Å². The average molecular weight is 402 g/mol. The maximum absolute atomic E-state index is 12.7. The van der Waals surface area contributed by atoms with Gasteiger partial charge < -0.3 is 10.2 Å². The number of hydrogen-bond acceptors (Lipinski definition) is 7. The molecule has 2 amide bonds. The van der Waals surface area contributed by atoms with E-state index in [1.165, 1.54) is 6.07 Å². The third-order valence-electron chi connectivity index (χ3n) is 4.97. The zero-order valence-electron chi connectivity index (χ0n) is 15.4. The monoisotopic (exact) mass is 402 g/mol. The van der Waals surface area contributed by atoms with Crippen LogP contribution in [0.5, 0.6) is 0 Å². The Hall–Kier alpha value is -2.72. The molecule has 1 aromatic carbocycles. The van der Waals surface area contributed by atoms with Crippen molar-refractivity contribution in [2.45, 2.75) is 11.3 Å². The fraction of sp³-hybridized carbons (Fsp3) is 0.389. The van der Waals surface area contributed by atoms with Crippen LogP contribution in [0.25, 0.3) is 0 Å². The van der Waals surface area contributed by atoms with Gasteiger partial charge in [-0.2, -0.15) is 0 Å². The van der Waals surface area contributed by atoms with Gasteiger partial charge in [-0.05, 0) is 24.6 Å². The molecular weight excluding hydrogens is 380 g/mol. The number of aromatic nitrogens is 2. The summed E-state index contributed by atoms with van der Waals surface area (Å²) in [6, 6.07) is 7.67. The Morgan fingerprint density at radius 2 is 1.68 bits per heavy atom. The number of nitrogens with zero attached hydrogens (tertiary/aromatic N) is 5. The second kappa shape index (κ2) is 7.72. The van der Waals surface area contributed by atoms with E-state index < -0.39 is 16.1 Å². The number of sulfonamides is 1. The quantitative estimate of drug-likeness (QED) is 0.803. The van der Waals surface area contributed by atoms with E-state index in [0.29, 0.717) is 12.1 Å². The molecule has 4 rings (SSSR count). The van der Waals surface area contributed by atoms with Gasteiger partial charge in [0, 0.05) is 51.7 Å². The van der Waals surface area contributed by atoms with Crippen molar-refractivity contribution in [1.82, 2.24) is 19.2 Å². The number of amides is 2. The molecule has 0 spiro atoms. The lowest BCUT2D eigenvalue weighted by atomic mass is 10.3. The molecule has 9 nitrogen and oxygen atoms in total. The SMILES string of the molecule is O=C1Nc2ccccc2S(=O)(=O)N1CCCN1CCN(c2ncccn2)CC1. The Bertz CT molecular complexity index is 945. The Morgan fingerprint density at radius 3 is 2.43 bits per heavy atom. The van der Waals surface area contributed by atoms with E-state index in [9.17, 15) is 13.2 Å². The summed E-state index contributed by atoms with van der Waals surface area (Å²) < 4.78 is 26.4. The maximum Gasteiger partial charge on any atom is 0.335 e. The largest absolute Gasteiger partial charge is 0.338 e. The number of benzene rings is 1. The van der Waals surface area contributed by atoms with Gasteiger partial charge in [0.1, 0.15) is 4.90 Å². The minimum atomic E-state index is -3.80. The normalized spacial score (nSPS) is 19.2. The Morgan fingerprint density at radius 1 is 0.964 bits per heavy atom. The number of fused-ring (bicyclic) bond motifs is 1. The van der Waals surface area contributed by atoms with E-state index >= 15 is 0 Å². The highest BCUT2D eigenvalue weighted by Crippen LogP contribution is 2.29. The number of para-hydroxylation sites is 1. The van der Waals surface area contributed by atoms with Crippen LogP contribution in [-0.4, -0.2) is 72.9 Å². The molecular formula is C18H22N6O3S. The molecule has 0 atom stereocenters. The number of carbonyl (C=O) groups excluding carboxylic acids is 1. The van der Waals surface area contributed by atoms with Gasteiger partial charge >= 0.3 is 6.03 Å². The van der Waals surface area contributed by atoms with E-state index in [1.54, 1.807) is 36.7 Å². The van der Waals surface area contributed by atoms with E-state index in [-0.39, 0.29) is 11.4 Å². The van der Waals surface area contributed by atoms with E-state index in [4.69, 9.17) is 0 Å². The summed E-state index contributed by atoms with van der Waals surface area (Å²) >= 11 is 0. The molecule has 1 aromatic heterocycles. The lowest BCUT2D eigenvalue weighted by molar-refractivity contribution is 0.225. The van der Waals surface area contributed by atoms with Crippen molar-refractivity contribution in [3.8, 4) is 0 Å². The summed E-state index contributed by atoms with van der Waals surface area (Å²) in [4.78, 5) is 25.3. The summed E-state index contributed by atoms with van der Waals surface area (Å²) in [5, 5.41) is 2.65. The average Bonchev–Trinajstić information content (AvgIpc) is 2.71. The number of carbonyl (C=O) groups is 1. The molecule has 0 aliphatic carbocycles. The van der Waals surface area contributed by atoms with Gasteiger partial charge in [-0.25, -0.2) is 27.5 Å². The molecule has 1 saturated heterocycles. The van der Waals surface area contributed by atoms with Crippen LogP contribution >= 0.6 is 0 Å². The van der Waals surface area contributed by atoms with E-state index in [0.717, 1.165) is 43.0 Å². The van der Waals surface area contributed by atoms with E-state index in [2.05, 4.69) is 25.1 Å². The number of hydrogen-bond donors (Lipinski definition) is 1. The van der Waals surface area contributed by atoms with Crippen LogP contribution in [0.3, 0.4) is 0 Å². The van der Waals surface area contributed by atoms with Gasteiger partial charge in [0.25, 0.3) is 10.0 Å². The molecule has 2 aliphatic rings. The third-order valence-corrected chi connectivity index (χ3v) is 6.81. The van der Waals surface area contributed by atoms with Gasteiger partial charge in [-0.15, -0.1) is 0 Å². The molecule has 2 aromatic rings. The van der Waals surface area contributed by atoms with Crippen LogP contribution in [0, 0.1) is 0 Å². The minimum absolute atomic E-state index is 0.145. The highest BCUT2D eigenvalue weighted by molar-refractivity contribution is 7.90. The topological polar surface area (TPSA) is 98.7 Å². The van der Waals surface area contributed by atoms with Crippen molar-refractivity contribution in [1.29, 1.82) is 0 Å². The first-order chi connectivity index (χ1) is 13.6. The van der Waals surface area contributed by atoms with E-state index in [1.807, 2.05) is 0 Å². The summed E-state index contributed by atoms with van der Waals surface area (Å²) in [7, 11) is -3.80. The molecule has 148 valence electrons. The third kappa shape index (κ3) is 3.65. The zero-order valence-corrected chi connectivity index (χ0v) is 16.2. The number of urea groups is 1. The Labute approximate surface area is 164 Å². The predicted octanol–water partition coefficient (Wildman–Crippen LogP) is 1.23. The predicted molar refractivity (Wildman–Crippen MR) is 105 cm³/mol. The molecule has 2 aliphatic heterocycles. The minimum Gasteiger partial charge on any atom is -0.338 e. The van der Waals surface area contributed by atoms with Crippen molar-refractivity contribution >= 4 is 27.7 Å². The second-order valence-electron chi connectivity index (χ2n) is 6.73. The van der Waals surface area contributed by atoms with Crippen molar-refractivity contribution < 1.29 is 13.2 Å². The van der Waals surface area contributed by atoms with Gasteiger partial charge in [0.15, 0.2) is 0 Å². The number of rotatable bonds is 5. The molecule has 28 heavy (non-hydrogen) atoms. The van der Waals surface area contributed by atoms with Gasteiger partial charge in [0.2, 0.25) is 5.95 Å². The maximum atomic E-state index is 12.7. The Kier molecular flexibility index (Phi) is 5.14. The lowest BCUT2D eigenvalue weighted by Crippen LogP contribution is -2.48. The molecule has 3 heterocycles. The first kappa shape index (κ1) is 18.6. The molecule has 0 radical (unpaired) electrons. The second-order valence-corrected chi connectivity index (χ2v) is 8.57. The number of anilines is 2. The summed E-state index contributed by atoms with van der Waals surface area (Å²) in [6.07, 6.45) is 4.05. The molecule has 0 unspecified atom stereocenters. The lowest BCUT2D eigenvalue weighted by Gasteiger charge is -2.35. The van der Waals surface area contributed by atoms with Crippen molar-refractivity contribution in [2.75, 3.05) is 49.5 Å². The first-order valence-corrected chi connectivity index (χ1v) is 10.7. The Balaban J connectivity index is 1.31. The van der Waals surface area contributed by atoms with Crippen LogP contribution in [0.15, 0.2) is 47.6 Å². The van der Waals surface area contributed by atoms with Crippen molar-refractivity contribution in [2.24, 2.45) is 0 Å². The van der Waals surface area contributed by atoms with Crippen molar-refractivity contribution in [3.63, 3.8) is 0 Å². The number of nitrogens with one attached hydrogen (secondary N) is 1. The van der Waals surface area contributed by atoms with Crippen LogP contribution in [0.4, 0.5) is 16.4 Å². The van der Waals surface area contributed by atoms with Crippen LogP contribution in [-0.2, 0) is 10.0 Å². The number of piperazine rings is 1. The van der Waals surface area contributed by atoms with Gasteiger partial charge in [0.05, 0.1) is 5.69 Å².